The molecule has 1 rings (SSSR count). The van der Waals surface area contributed by atoms with Crippen molar-refractivity contribution in [1.82, 2.24) is 5.32 Å². The molecule has 0 radical (unpaired) electrons. The molecule has 0 atom stereocenters. The average molecular weight is 301 g/mol. The van der Waals surface area contributed by atoms with Gasteiger partial charge in [-0.25, -0.2) is 0 Å². The van der Waals surface area contributed by atoms with Gasteiger partial charge in [-0.3, -0.25) is 0 Å². The Kier molecular flexibility index (Phi) is 13.3. The molecule has 0 aliphatic heterocycles. The first-order valence-electron chi connectivity index (χ1n) is 8.90. The second kappa shape index (κ2) is 14.8. The fourth-order valence-corrected chi connectivity index (χ4v) is 2.61. The predicted molar refractivity (Wildman–Crippen MR) is 86.9 cm³/mol. The third-order valence-electron chi connectivity index (χ3n) is 3.92. The monoisotopic (exact) mass is 301 g/mol. The van der Waals surface area contributed by atoms with Gasteiger partial charge in [0, 0.05) is 19.2 Å². The van der Waals surface area contributed by atoms with Gasteiger partial charge in [-0.2, -0.15) is 0 Å². The van der Waals surface area contributed by atoms with Crippen molar-refractivity contribution >= 4 is 0 Å². The largest absolute Gasteiger partial charge is 0.379 e. The van der Waals surface area contributed by atoms with Crippen molar-refractivity contribution in [1.29, 1.82) is 0 Å². The topological polar surface area (TPSA) is 39.7 Å². The van der Waals surface area contributed by atoms with Crippen LogP contribution in [0, 0.1) is 0 Å². The van der Waals surface area contributed by atoms with E-state index in [9.17, 15) is 0 Å². The molecular formula is C17H35NO3. The highest BCUT2D eigenvalue weighted by Gasteiger charge is 2.10. The van der Waals surface area contributed by atoms with E-state index in [4.69, 9.17) is 14.2 Å². The maximum absolute atomic E-state index is 5.57. The predicted octanol–water partition coefficient (Wildman–Crippen LogP) is 3.15. The summed E-state index contributed by atoms with van der Waals surface area (Å²) in [6.07, 6.45) is 10.6. The number of rotatable bonds is 13. The maximum Gasteiger partial charge on any atom is 0.0701 e. The fourth-order valence-electron chi connectivity index (χ4n) is 2.61. The molecule has 0 bridgehead atoms. The van der Waals surface area contributed by atoms with Crippen LogP contribution in [0.3, 0.4) is 0 Å². The molecule has 1 aliphatic rings. The van der Waals surface area contributed by atoms with Crippen LogP contribution in [0.5, 0.6) is 0 Å². The van der Waals surface area contributed by atoms with E-state index in [-0.39, 0.29) is 0 Å². The molecule has 0 aromatic heterocycles. The van der Waals surface area contributed by atoms with Crippen LogP contribution in [0.2, 0.25) is 0 Å². The summed E-state index contributed by atoms with van der Waals surface area (Å²) >= 11 is 0. The van der Waals surface area contributed by atoms with Crippen molar-refractivity contribution in [3.8, 4) is 0 Å². The summed E-state index contributed by atoms with van der Waals surface area (Å²) < 4.78 is 16.4. The zero-order valence-electron chi connectivity index (χ0n) is 13.9. The van der Waals surface area contributed by atoms with Gasteiger partial charge in [-0.15, -0.1) is 0 Å². The molecule has 1 saturated carbocycles. The van der Waals surface area contributed by atoms with E-state index in [2.05, 4.69) is 12.2 Å². The van der Waals surface area contributed by atoms with Crippen molar-refractivity contribution in [2.45, 2.75) is 64.3 Å². The van der Waals surface area contributed by atoms with Crippen LogP contribution in [0.25, 0.3) is 0 Å². The van der Waals surface area contributed by atoms with Gasteiger partial charge in [0.1, 0.15) is 0 Å². The quantitative estimate of drug-likeness (QED) is 0.419. The molecule has 0 aromatic rings. The van der Waals surface area contributed by atoms with E-state index >= 15 is 0 Å². The van der Waals surface area contributed by atoms with Crippen LogP contribution in [0.1, 0.15) is 58.3 Å². The highest BCUT2D eigenvalue weighted by atomic mass is 16.5. The molecule has 4 heteroatoms. The Morgan fingerprint density at radius 3 is 1.95 bits per heavy atom. The molecular weight excluding hydrogens is 266 g/mol. The van der Waals surface area contributed by atoms with Gasteiger partial charge < -0.3 is 19.5 Å². The standard InChI is InChI=1S/C17H35NO3/c1-2-3-11-19-13-15-21-16-14-20-12-10-18-17-8-6-4-5-7-9-17/h17-18H,2-16H2,1H3. The molecule has 0 amide bonds. The van der Waals surface area contributed by atoms with E-state index < -0.39 is 0 Å². The lowest BCUT2D eigenvalue weighted by atomic mass is 10.1. The van der Waals surface area contributed by atoms with Crippen LogP contribution >= 0.6 is 0 Å². The lowest BCUT2D eigenvalue weighted by Crippen LogP contribution is -2.31. The van der Waals surface area contributed by atoms with E-state index in [1.165, 1.54) is 44.9 Å². The molecule has 1 aliphatic carbocycles. The Bertz CT molecular complexity index is 206. The molecule has 21 heavy (non-hydrogen) atoms. The summed E-state index contributed by atoms with van der Waals surface area (Å²) in [7, 11) is 0. The first-order chi connectivity index (χ1) is 10.4. The van der Waals surface area contributed by atoms with Gasteiger partial charge in [-0.05, 0) is 19.3 Å². The van der Waals surface area contributed by atoms with Crippen LogP contribution in [0.4, 0.5) is 0 Å². The Morgan fingerprint density at radius 1 is 0.762 bits per heavy atom. The van der Waals surface area contributed by atoms with Crippen molar-refractivity contribution in [2.75, 3.05) is 46.2 Å². The summed E-state index contributed by atoms with van der Waals surface area (Å²) in [5.41, 5.74) is 0. The van der Waals surface area contributed by atoms with Gasteiger partial charge in [0.15, 0.2) is 0 Å². The maximum atomic E-state index is 5.57. The number of unbranched alkanes of at least 4 members (excludes halogenated alkanes) is 1. The van der Waals surface area contributed by atoms with Crippen LogP contribution in [0.15, 0.2) is 0 Å². The third kappa shape index (κ3) is 12.1. The van der Waals surface area contributed by atoms with Gasteiger partial charge in [-0.1, -0.05) is 39.0 Å². The van der Waals surface area contributed by atoms with Gasteiger partial charge in [0.05, 0.1) is 33.0 Å². The Labute approximate surface area is 130 Å². The van der Waals surface area contributed by atoms with Crippen molar-refractivity contribution in [2.24, 2.45) is 0 Å². The summed E-state index contributed by atoms with van der Waals surface area (Å²) in [5.74, 6) is 0. The average Bonchev–Trinajstić information content (AvgIpc) is 2.77. The number of nitrogens with one attached hydrogen (secondary N) is 1. The highest BCUT2D eigenvalue weighted by Crippen LogP contribution is 2.16. The van der Waals surface area contributed by atoms with E-state index in [0.717, 1.165) is 26.2 Å². The van der Waals surface area contributed by atoms with Crippen LogP contribution in [-0.2, 0) is 14.2 Å². The Hall–Kier alpha value is -0.160. The highest BCUT2D eigenvalue weighted by molar-refractivity contribution is 4.70. The van der Waals surface area contributed by atoms with Crippen molar-refractivity contribution < 1.29 is 14.2 Å². The lowest BCUT2D eigenvalue weighted by Gasteiger charge is -2.16. The molecule has 4 nitrogen and oxygen atoms in total. The van der Waals surface area contributed by atoms with E-state index in [0.29, 0.717) is 32.5 Å². The lowest BCUT2D eigenvalue weighted by molar-refractivity contribution is 0.0143. The van der Waals surface area contributed by atoms with E-state index in [1.807, 2.05) is 0 Å². The minimum absolute atomic E-state index is 0.667. The first-order valence-corrected chi connectivity index (χ1v) is 8.90. The minimum atomic E-state index is 0.667. The zero-order valence-corrected chi connectivity index (χ0v) is 13.9. The second-order valence-electron chi connectivity index (χ2n) is 5.83. The summed E-state index contributed by atoms with van der Waals surface area (Å²) in [6, 6.07) is 0.715. The molecule has 126 valence electrons. The van der Waals surface area contributed by atoms with Crippen molar-refractivity contribution in [3.05, 3.63) is 0 Å². The van der Waals surface area contributed by atoms with Gasteiger partial charge in [0.2, 0.25) is 0 Å². The molecule has 0 spiro atoms. The van der Waals surface area contributed by atoms with E-state index in [1.54, 1.807) is 0 Å². The fraction of sp³-hybridized carbons (Fsp3) is 1.00. The summed E-state index contributed by atoms with van der Waals surface area (Å²) in [5, 5.41) is 3.61. The van der Waals surface area contributed by atoms with Gasteiger partial charge >= 0.3 is 0 Å². The number of hydrogen-bond acceptors (Lipinski definition) is 4. The normalized spacial score (nSPS) is 17.0. The summed E-state index contributed by atoms with van der Waals surface area (Å²) in [6.45, 7) is 7.49. The number of hydrogen-bond donors (Lipinski definition) is 1. The molecule has 0 saturated heterocycles. The molecule has 0 aromatic carbocycles. The SMILES string of the molecule is CCCCOCCOCCOCCNC1CCCCCC1. The van der Waals surface area contributed by atoms with Gasteiger partial charge in [0.25, 0.3) is 0 Å². The summed E-state index contributed by atoms with van der Waals surface area (Å²) in [4.78, 5) is 0. The smallest absolute Gasteiger partial charge is 0.0701 e. The van der Waals surface area contributed by atoms with Crippen LogP contribution < -0.4 is 5.32 Å². The van der Waals surface area contributed by atoms with Crippen molar-refractivity contribution in [3.63, 3.8) is 0 Å². The number of ether oxygens (including phenoxy) is 3. The Morgan fingerprint density at radius 2 is 1.33 bits per heavy atom. The Balaban J connectivity index is 1.74. The molecule has 1 fully saturated rings. The third-order valence-corrected chi connectivity index (χ3v) is 3.92. The minimum Gasteiger partial charge on any atom is -0.379 e. The molecule has 0 heterocycles. The molecule has 1 N–H and O–H groups in total. The zero-order chi connectivity index (χ0) is 15.0. The van der Waals surface area contributed by atoms with Crippen LogP contribution in [-0.4, -0.2) is 52.2 Å². The first kappa shape index (κ1) is 18.9. The second-order valence-corrected chi connectivity index (χ2v) is 5.83. The molecule has 0 unspecified atom stereocenters.